The second-order valence-electron chi connectivity index (χ2n) is 7.04. The van der Waals surface area contributed by atoms with E-state index < -0.39 is 88.1 Å². The smallest absolute Gasteiger partial charge is 0.460 e. The zero-order valence-electron chi connectivity index (χ0n) is 19.8. The maximum Gasteiger partial charge on any atom is 0.492 e. The molecule has 226 valence electrons. The summed E-state index contributed by atoms with van der Waals surface area (Å²) < 4.78 is 144. The molecule has 0 saturated heterocycles. The van der Waals surface area contributed by atoms with Crippen LogP contribution in [0.2, 0.25) is 0 Å². The van der Waals surface area contributed by atoms with E-state index in [1.807, 2.05) is 0 Å². The molecule has 0 aromatic carbocycles. The van der Waals surface area contributed by atoms with Gasteiger partial charge in [0.1, 0.15) is 25.4 Å². The highest BCUT2D eigenvalue weighted by Crippen LogP contribution is 2.48. The number of carbonyl (C=O) groups excluding carboxylic acids is 3. The molecule has 0 radical (unpaired) electrons. The third kappa shape index (κ3) is 12.1. The van der Waals surface area contributed by atoms with Gasteiger partial charge in [0, 0.05) is 12.2 Å². The number of nitrogens with one attached hydrogen (secondary N) is 1. The van der Waals surface area contributed by atoms with E-state index in [9.17, 15) is 53.9 Å². The molecular weight excluding hydrogens is 573 g/mol. The Kier molecular flexibility index (Phi) is 13.7. The van der Waals surface area contributed by atoms with Gasteiger partial charge in [0.25, 0.3) is 0 Å². The van der Waals surface area contributed by atoms with E-state index in [2.05, 4.69) is 42.2 Å². The highest BCUT2D eigenvalue weighted by atomic mass is 19.4. The summed E-state index contributed by atoms with van der Waals surface area (Å²) in [6.45, 7) is 0.413. The predicted molar refractivity (Wildman–Crippen MR) is 105 cm³/mol. The maximum atomic E-state index is 13.4. The van der Waals surface area contributed by atoms with E-state index in [0.717, 1.165) is 12.2 Å². The van der Waals surface area contributed by atoms with Crippen molar-refractivity contribution in [3.63, 3.8) is 0 Å². The maximum absolute atomic E-state index is 13.4. The molecule has 1 amide bonds. The van der Waals surface area contributed by atoms with Crippen LogP contribution < -0.4 is 5.32 Å². The summed E-state index contributed by atoms with van der Waals surface area (Å²) in [6.07, 6.45) is -18.2. The van der Waals surface area contributed by atoms with Crippen LogP contribution in [-0.4, -0.2) is 88.1 Å². The Bertz CT molecular complexity index is 834. The summed E-state index contributed by atoms with van der Waals surface area (Å²) in [5, 5.41) is 2.15. The van der Waals surface area contributed by atoms with Gasteiger partial charge in [-0.3, -0.25) is 9.47 Å². The Morgan fingerprint density at radius 2 is 1.31 bits per heavy atom. The van der Waals surface area contributed by atoms with Gasteiger partial charge in [-0.1, -0.05) is 13.2 Å². The summed E-state index contributed by atoms with van der Waals surface area (Å²) in [6, 6.07) is 0. The number of halogens is 9. The first-order valence-corrected chi connectivity index (χ1v) is 9.94. The number of carbonyl (C=O) groups is 3. The first kappa shape index (κ1) is 35.9. The number of alkyl carbamates (subject to hydrolysis) is 1. The number of hydrogen-bond donors (Lipinski definition) is 1. The molecule has 0 bridgehead atoms. The van der Waals surface area contributed by atoms with Crippen molar-refractivity contribution >= 4 is 18.0 Å². The molecule has 0 fully saturated rings. The second kappa shape index (κ2) is 14.9. The minimum absolute atomic E-state index is 0.564. The summed E-state index contributed by atoms with van der Waals surface area (Å²) in [7, 11) is 0. The van der Waals surface area contributed by atoms with Crippen LogP contribution in [0, 0.1) is 0 Å². The summed E-state index contributed by atoms with van der Waals surface area (Å²) in [5.41, 5.74) is -1.58. The van der Waals surface area contributed by atoms with Crippen LogP contribution in [0.3, 0.4) is 0 Å². The molecule has 11 nitrogen and oxygen atoms in total. The Labute approximate surface area is 213 Å². The molecular formula is C19H22F9NO10. The van der Waals surface area contributed by atoms with Crippen molar-refractivity contribution in [1.82, 2.24) is 5.32 Å². The van der Waals surface area contributed by atoms with Crippen LogP contribution in [0.25, 0.3) is 0 Å². The number of ether oxygens (including phenoxy) is 7. The van der Waals surface area contributed by atoms with E-state index in [-0.39, 0.29) is 0 Å². The molecule has 0 aliphatic heterocycles. The Hall–Kier alpha value is -3.10. The van der Waals surface area contributed by atoms with Crippen molar-refractivity contribution in [2.75, 3.05) is 40.1 Å². The highest BCUT2D eigenvalue weighted by Gasteiger charge is 2.76. The topological polar surface area (TPSA) is 128 Å². The van der Waals surface area contributed by atoms with Crippen LogP contribution >= 0.6 is 0 Å². The predicted octanol–water partition coefficient (Wildman–Crippen LogP) is 3.25. The Balaban J connectivity index is 4.81. The fourth-order valence-corrected chi connectivity index (χ4v) is 1.91. The van der Waals surface area contributed by atoms with Crippen molar-refractivity contribution in [3.8, 4) is 0 Å². The average molecular weight is 595 g/mol. The lowest BCUT2D eigenvalue weighted by Gasteiger charge is -2.32. The molecule has 0 aromatic heterocycles. The molecule has 0 rings (SSSR count). The lowest BCUT2D eigenvalue weighted by Crippen LogP contribution is -2.58. The highest BCUT2D eigenvalue weighted by molar-refractivity contribution is 5.82. The van der Waals surface area contributed by atoms with Crippen molar-refractivity contribution in [1.29, 1.82) is 0 Å². The van der Waals surface area contributed by atoms with E-state index >= 15 is 0 Å². The quantitative estimate of drug-likeness (QED) is 0.0594. The number of hydrogen-bond acceptors (Lipinski definition) is 10. The Morgan fingerprint density at radius 3 is 1.77 bits per heavy atom. The van der Waals surface area contributed by atoms with Gasteiger partial charge in [0.15, 0.2) is 13.7 Å². The van der Waals surface area contributed by atoms with Gasteiger partial charge in [-0.15, -0.1) is 8.78 Å². The second-order valence-corrected chi connectivity index (χ2v) is 7.04. The molecule has 1 N–H and O–H groups in total. The lowest BCUT2D eigenvalue weighted by molar-refractivity contribution is -0.531. The molecule has 0 atom stereocenters. The third-order valence-electron chi connectivity index (χ3n) is 3.79. The standard InChI is InChI=1S/C19H22F9NO10/c1-4-12(30)35-8-15(3,9-36-13(31)5-2)29-14(32)34-7-6-33-11-38-17(23,24)16(21,22)18(25,26)39-19(27,28)37-10-20/h4-5H,1-2,6-11H2,3H3,(H,29,32). The molecule has 0 aliphatic carbocycles. The van der Waals surface area contributed by atoms with Gasteiger partial charge in [0.2, 0.25) is 0 Å². The van der Waals surface area contributed by atoms with Gasteiger partial charge < -0.3 is 24.3 Å². The average Bonchev–Trinajstić information content (AvgIpc) is 2.82. The van der Waals surface area contributed by atoms with Gasteiger partial charge in [-0.25, -0.2) is 23.5 Å². The first-order chi connectivity index (χ1) is 17.8. The van der Waals surface area contributed by atoms with E-state index in [4.69, 9.17) is 9.47 Å². The summed E-state index contributed by atoms with van der Waals surface area (Å²) in [4.78, 5) is 34.4. The minimum Gasteiger partial charge on any atom is -0.460 e. The lowest BCUT2D eigenvalue weighted by atomic mass is 10.1. The van der Waals surface area contributed by atoms with Crippen LogP contribution in [0.1, 0.15) is 6.92 Å². The summed E-state index contributed by atoms with van der Waals surface area (Å²) in [5.74, 6) is -8.56. The first-order valence-electron chi connectivity index (χ1n) is 9.94. The molecule has 0 spiro atoms. The zero-order chi connectivity index (χ0) is 30.5. The molecule has 0 aromatic rings. The van der Waals surface area contributed by atoms with Crippen molar-refractivity contribution in [2.24, 2.45) is 0 Å². The fourth-order valence-electron chi connectivity index (χ4n) is 1.91. The molecule has 0 heterocycles. The van der Waals surface area contributed by atoms with Crippen molar-refractivity contribution in [2.45, 2.75) is 36.9 Å². The largest absolute Gasteiger partial charge is 0.492 e. The summed E-state index contributed by atoms with van der Waals surface area (Å²) >= 11 is 0. The van der Waals surface area contributed by atoms with Gasteiger partial charge in [-0.05, 0) is 6.92 Å². The third-order valence-corrected chi connectivity index (χ3v) is 3.79. The SMILES string of the molecule is C=CC(=O)OCC(C)(COC(=O)C=C)NC(=O)OCCOCOC(F)(F)C(F)(F)C(F)(F)OC(F)(F)OCF. The van der Waals surface area contributed by atoms with Crippen molar-refractivity contribution < 1.29 is 87.1 Å². The molecule has 39 heavy (non-hydrogen) atoms. The zero-order valence-corrected chi connectivity index (χ0v) is 19.8. The van der Waals surface area contributed by atoms with E-state index in [1.54, 1.807) is 0 Å². The normalized spacial score (nSPS) is 12.9. The number of esters is 2. The van der Waals surface area contributed by atoms with Crippen LogP contribution in [0.5, 0.6) is 0 Å². The van der Waals surface area contributed by atoms with Gasteiger partial charge in [0.05, 0.1) is 6.61 Å². The van der Waals surface area contributed by atoms with Crippen LogP contribution in [-0.2, 0) is 42.7 Å². The van der Waals surface area contributed by atoms with Gasteiger partial charge in [-0.2, -0.15) is 26.3 Å². The molecule has 20 heteroatoms. The molecule has 0 saturated carbocycles. The van der Waals surface area contributed by atoms with E-state index in [0.29, 0.717) is 0 Å². The molecule has 0 unspecified atom stereocenters. The van der Waals surface area contributed by atoms with Crippen LogP contribution in [0.15, 0.2) is 25.3 Å². The number of alkyl halides is 9. The van der Waals surface area contributed by atoms with Crippen LogP contribution in [0.4, 0.5) is 44.3 Å². The van der Waals surface area contributed by atoms with Gasteiger partial charge >= 0.3 is 42.5 Å². The number of amides is 1. The van der Waals surface area contributed by atoms with Crippen molar-refractivity contribution in [3.05, 3.63) is 25.3 Å². The number of rotatable bonds is 19. The van der Waals surface area contributed by atoms with E-state index in [1.165, 1.54) is 6.92 Å². The minimum atomic E-state index is -6.74. The fraction of sp³-hybridized carbons (Fsp3) is 0.632. The monoisotopic (exact) mass is 595 g/mol. The Morgan fingerprint density at radius 1 is 0.795 bits per heavy atom. The molecule has 0 aliphatic rings.